The van der Waals surface area contributed by atoms with Crippen molar-refractivity contribution in [2.75, 3.05) is 50.1 Å². The SMILES string of the molecule is CCOc1nc(NCc2ccco2)nc(Nc2ccc3c(c2)N=C(CN2CCOCC2)C3)n1. The van der Waals surface area contributed by atoms with E-state index in [4.69, 9.17) is 18.9 Å². The van der Waals surface area contributed by atoms with Crippen LogP contribution in [0.4, 0.5) is 23.3 Å². The Morgan fingerprint density at radius 1 is 1.09 bits per heavy atom. The van der Waals surface area contributed by atoms with Crippen LogP contribution in [0.2, 0.25) is 0 Å². The highest BCUT2D eigenvalue weighted by Crippen LogP contribution is 2.31. The van der Waals surface area contributed by atoms with Gasteiger partial charge < -0.3 is 24.5 Å². The van der Waals surface area contributed by atoms with Gasteiger partial charge in [0.2, 0.25) is 11.9 Å². The van der Waals surface area contributed by atoms with Gasteiger partial charge in [-0.15, -0.1) is 0 Å². The van der Waals surface area contributed by atoms with E-state index in [0.29, 0.717) is 25.0 Å². The molecule has 0 radical (unpaired) electrons. The zero-order valence-corrected chi connectivity index (χ0v) is 18.6. The number of morpholine rings is 1. The summed E-state index contributed by atoms with van der Waals surface area (Å²) in [5.41, 5.74) is 4.26. The topological polar surface area (TPSA) is 110 Å². The van der Waals surface area contributed by atoms with Crippen molar-refractivity contribution in [2.45, 2.75) is 19.9 Å². The maximum atomic E-state index is 5.52. The Bertz CT molecular complexity index is 1110. The lowest BCUT2D eigenvalue weighted by molar-refractivity contribution is 0.0452. The van der Waals surface area contributed by atoms with Crippen LogP contribution in [-0.2, 0) is 17.7 Å². The summed E-state index contributed by atoms with van der Waals surface area (Å²) in [6.07, 6.45) is 2.51. The predicted octanol–water partition coefficient (Wildman–Crippen LogP) is 3.18. The third-order valence-electron chi connectivity index (χ3n) is 5.41. The molecule has 2 aliphatic rings. The molecular weight excluding hydrogens is 422 g/mol. The van der Waals surface area contributed by atoms with Crippen LogP contribution in [0, 0.1) is 0 Å². The standard InChI is InChI=1S/C23H27N7O3/c1-2-32-23-28-21(24-14-19-4-3-9-33-19)27-22(29-23)26-17-6-5-16-12-18(25-20(16)13-17)15-30-7-10-31-11-8-30/h3-6,9,13H,2,7-8,10-12,14-15H2,1H3,(H2,24,26,27,28,29). The number of hydrogen-bond acceptors (Lipinski definition) is 10. The van der Waals surface area contributed by atoms with Crippen molar-refractivity contribution in [1.82, 2.24) is 19.9 Å². The van der Waals surface area contributed by atoms with E-state index in [1.807, 2.05) is 31.2 Å². The maximum Gasteiger partial charge on any atom is 0.323 e. The molecule has 10 heteroatoms. The molecule has 33 heavy (non-hydrogen) atoms. The average Bonchev–Trinajstić information content (AvgIpc) is 3.48. The van der Waals surface area contributed by atoms with E-state index >= 15 is 0 Å². The van der Waals surface area contributed by atoms with Crippen molar-refractivity contribution in [1.29, 1.82) is 0 Å². The Morgan fingerprint density at radius 3 is 2.79 bits per heavy atom. The predicted molar refractivity (Wildman–Crippen MR) is 125 cm³/mol. The molecule has 1 fully saturated rings. The summed E-state index contributed by atoms with van der Waals surface area (Å²) >= 11 is 0. The Hall–Kier alpha value is -3.50. The molecule has 5 rings (SSSR count). The van der Waals surface area contributed by atoms with Crippen molar-refractivity contribution in [3.63, 3.8) is 0 Å². The first kappa shape index (κ1) is 21.4. The van der Waals surface area contributed by atoms with Crippen LogP contribution in [0.1, 0.15) is 18.2 Å². The molecule has 2 N–H and O–H groups in total. The van der Waals surface area contributed by atoms with Gasteiger partial charge in [-0.2, -0.15) is 15.0 Å². The monoisotopic (exact) mass is 449 g/mol. The van der Waals surface area contributed by atoms with Crippen LogP contribution in [0.15, 0.2) is 46.0 Å². The molecule has 0 atom stereocenters. The smallest absolute Gasteiger partial charge is 0.323 e. The number of ether oxygens (including phenoxy) is 2. The van der Waals surface area contributed by atoms with Gasteiger partial charge in [0.15, 0.2) is 0 Å². The highest BCUT2D eigenvalue weighted by molar-refractivity contribution is 5.96. The van der Waals surface area contributed by atoms with Gasteiger partial charge in [0, 0.05) is 37.5 Å². The molecule has 0 unspecified atom stereocenters. The summed E-state index contributed by atoms with van der Waals surface area (Å²) in [6, 6.07) is 10.1. The number of nitrogens with one attached hydrogen (secondary N) is 2. The zero-order chi connectivity index (χ0) is 22.5. The second-order valence-electron chi connectivity index (χ2n) is 7.84. The molecule has 2 aliphatic heterocycles. The van der Waals surface area contributed by atoms with Crippen molar-refractivity contribution in [2.24, 2.45) is 4.99 Å². The quantitative estimate of drug-likeness (QED) is 0.509. The van der Waals surface area contributed by atoms with Crippen molar-refractivity contribution in [3.8, 4) is 6.01 Å². The van der Waals surface area contributed by atoms with Crippen LogP contribution >= 0.6 is 0 Å². The highest BCUT2D eigenvalue weighted by atomic mass is 16.5. The summed E-state index contributed by atoms with van der Waals surface area (Å²) < 4.78 is 16.3. The van der Waals surface area contributed by atoms with Gasteiger partial charge in [0.25, 0.3) is 0 Å². The van der Waals surface area contributed by atoms with E-state index < -0.39 is 0 Å². The van der Waals surface area contributed by atoms with Crippen molar-refractivity contribution < 1.29 is 13.9 Å². The Labute approximate surface area is 192 Å². The fourth-order valence-electron chi connectivity index (χ4n) is 3.83. The second-order valence-corrected chi connectivity index (χ2v) is 7.84. The summed E-state index contributed by atoms with van der Waals surface area (Å²) in [5, 5.41) is 6.41. The Kier molecular flexibility index (Phi) is 6.45. The number of rotatable bonds is 9. The highest BCUT2D eigenvalue weighted by Gasteiger charge is 2.19. The van der Waals surface area contributed by atoms with Gasteiger partial charge in [-0.25, -0.2) is 0 Å². The van der Waals surface area contributed by atoms with Gasteiger partial charge in [0.05, 0.1) is 38.3 Å². The lowest BCUT2D eigenvalue weighted by Crippen LogP contribution is -2.39. The number of hydrogen-bond donors (Lipinski definition) is 2. The molecule has 0 spiro atoms. The second kappa shape index (κ2) is 9.97. The van der Waals surface area contributed by atoms with E-state index in [1.165, 1.54) is 11.3 Å². The van der Waals surface area contributed by atoms with Crippen LogP contribution in [0.25, 0.3) is 0 Å². The average molecular weight is 450 g/mol. The van der Waals surface area contributed by atoms with Crippen LogP contribution in [0.5, 0.6) is 6.01 Å². The number of furan rings is 1. The van der Waals surface area contributed by atoms with Crippen LogP contribution < -0.4 is 15.4 Å². The van der Waals surface area contributed by atoms with Crippen molar-refractivity contribution in [3.05, 3.63) is 47.9 Å². The lowest BCUT2D eigenvalue weighted by atomic mass is 10.1. The first-order chi connectivity index (χ1) is 16.2. The number of aliphatic imine (C=N–C) groups is 1. The fourth-order valence-corrected chi connectivity index (χ4v) is 3.83. The molecule has 2 aromatic heterocycles. The zero-order valence-electron chi connectivity index (χ0n) is 18.6. The number of benzene rings is 1. The third kappa shape index (κ3) is 5.47. The van der Waals surface area contributed by atoms with E-state index in [2.05, 4.69) is 36.6 Å². The Balaban J connectivity index is 1.29. The van der Waals surface area contributed by atoms with E-state index in [1.54, 1.807) is 6.26 Å². The van der Waals surface area contributed by atoms with Crippen LogP contribution in [0.3, 0.4) is 0 Å². The first-order valence-electron chi connectivity index (χ1n) is 11.2. The maximum absolute atomic E-state index is 5.52. The number of nitrogens with zero attached hydrogens (tertiary/aromatic N) is 5. The third-order valence-corrected chi connectivity index (χ3v) is 5.41. The number of aromatic nitrogens is 3. The van der Waals surface area contributed by atoms with Gasteiger partial charge in [-0.1, -0.05) is 6.07 Å². The van der Waals surface area contributed by atoms with Crippen LogP contribution in [-0.4, -0.2) is 65.0 Å². The largest absolute Gasteiger partial charge is 0.467 e. The summed E-state index contributed by atoms with van der Waals surface area (Å²) in [4.78, 5) is 20.4. The molecule has 1 aromatic carbocycles. The summed E-state index contributed by atoms with van der Waals surface area (Å²) in [6.45, 7) is 7.20. The molecular formula is C23H27N7O3. The molecule has 0 aliphatic carbocycles. The van der Waals surface area contributed by atoms with E-state index in [-0.39, 0.29) is 6.01 Å². The molecule has 0 saturated carbocycles. The van der Waals surface area contributed by atoms with Gasteiger partial charge in [-0.05, 0) is 36.8 Å². The molecule has 10 nitrogen and oxygen atoms in total. The lowest BCUT2D eigenvalue weighted by Gasteiger charge is -2.26. The first-order valence-corrected chi connectivity index (χ1v) is 11.2. The molecule has 0 amide bonds. The summed E-state index contributed by atoms with van der Waals surface area (Å²) in [7, 11) is 0. The Morgan fingerprint density at radius 2 is 1.97 bits per heavy atom. The number of fused-ring (bicyclic) bond motifs is 1. The molecule has 1 saturated heterocycles. The fraction of sp³-hybridized carbons (Fsp3) is 0.391. The van der Waals surface area contributed by atoms with Gasteiger partial charge in [-0.3, -0.25) is 9.89 Å². The van der Waals surface area contributed by atoms with Gasteiger partial charge in [0.1, 0.15) is 5.76 Å². The molecule has 3 aromatic rings. The minimum atomic E-state index is 0.254. The van der Waals surface area contributed by atoms with Crippen molar-refractivity contribution >= 4 is 29.0 Å². The summed E-state index contributed by atoms with van der Waals surface area (Å²) in [5.74, 6) is 1.58. The molecule has 172 valence electrons. The molecule has 4 heterocycles. The van der Waals surface area contributed by atoms with E-state index in [0.717, 1.165) is 56.4 Å². The minimum Gasteiger partial charge on any atom is -0.467 e. The minimum absolute atomic E-state index is 0.254. The molecule has 0 bridgehead atoms. The normalized spacial score (nSPS) is 15.7. The number of anilines is 3. The van der Waals surface area contributed by atoms with E-state index in [9.17, 15) is 0 Å². The van der Waals surface area contributed by atoms with Gasteiger partial charge >= 0.3 is 6.01 Å².